The number of alkyl halides is 2. The second kappa shape index (κ2) is 10.6. The van der Waals surface area contributed by atoms with E-state index in [4.69, 9.17) is 16.0 Å². The third kappa shape index (κ3) is 5.22. The minimum Gasteiger partial charge on any atom is -0.455 e. The zero-order chi connectivity index (χ0) is 28.6. The number of carbonyl (C=O) groups excluding carboxylic acids is 1. The number of imidazole rings is 1. The predicted molar refractivity (Wildman–Crippen MR) is 142 cm³/mol. The first-order valence-electron chi connectivity index (χ1n) is 12.7. The summed E-state index contributed by atoms with van der Waals surface area (Å²) in [4.78, 5) is 28.1. The minimum atomic E-state index is -2.89. The molecule has 208 valence electrons. The van der Waals surface area contributed by atoms with Gasteiger partial charge in [-0.05, 0) is 19.4 Å². The van der Waals surface area contributed by atoms with Gasteiger partial charge in [0.25, 0.3) is 12.0 Å². The average molecular weight is 551 g/mol. The molecule has 1 saturated heterocycles. The lowest BCUT2D eigenvalue weighted by Gasteiger charge is -2.17. The Balaban J connectivity index is 1.51. The fourth-order valence-electron chi connectivity index (χ4n) is 4.66. The first-order chi connectivity index (χ1) is 19.1. The van der Waals surface area contributed by atoms with Gasteiger partial charge in [0.1, 0.15) is 22.7 Å². The Morgan fingerprint density at radius 1 is 1.35 bits per heavy atom. The van der Waals surface area contributed by atoms with Gasteiger partial charge in [0.2, 0.25) is 5.95 Å². The molecule has 0 aliphatic carbocycles. The van der Waals surface area contributed by atoms with E-state index in [0.717, 1.165) is 6.42 Å². The first-order valence-corrected chi connectivity index (χ1v) is 12.7. The lowest BCUT2D eigenvalue weighted by Crippen LogP contribution is -2.22. The van der Waals surface area contributed by atoms with Crippen LogP contribution in [-0.4, -0.2) is 48.3 Å². The fraction of sp³-hybridized carbons (Fsp3) is 0.407. The lowest BCUT2D eigenvalue weighted by molar-refractivity contribution is -0.116. The van der Waals surface area contributed by atoms with E-state index in [1.165, 1.54) is 36.0 Å². The molecular weight excluding hydrogens is 522 g/mol. The van der Waals surface area contributed by atoms with Gasteiger partial charge in [-0.15, -0.1) is 0 Å². The van der Waals surface area contributed by atoms with Crippen molar-refractivity contribution in [2.24, 2.45) is 7.05 Å². The monoisotopic (exact) mass is 550 g/mol. The fourth-order valence-corrected chi connectivity index (χ4v) is 4.66. The van der Waals surface area contributed by atoms with Gasteiger partial charge >= 0.3 is 0 Å². The van der Waals surface area contributed by atoms with Crippen molar-refractivity contribution in [2.45, 2.75) is 51.6 Å². The summed E-state index contributed by atoms with van der Waals surface area (Å²) in [5.41, 5.74) is 0.164. The summed E-state index contributed by atoms with van der Waals surface area (Å²) in [6.45, 7) is 13.8. The number of halogens is 2. The summed E-state index contributed by atoms with van der Waals surface area (Å²) in [6, 6.07) is 4.81. The smallest absolute Gasteiger partial charge is 0.269 e. The Kier molecular flexibility index (Phi) is 7.20. The minimum absolute atomic E-state index is 0.0111. The van der Waals surface area contributed by atoms with Gasteiger partial charge in [-0.3, -0.25) is 14.5 Å². The highest BCUT2D eigenvalue weighted by molar-refractivity contribution is 5.82. The van der Waals surface area contributed by atoms with Gasteiger partial charge in [0.15, 0.2) is 17.2 Å². The van der Waals surface area contributed by atoms with Crippen LogP contribution in [0.1, 0.15) is 56.6 Å². The maximum absolute atomic E-state index is 14.4. The molecule has 0 saturated carbocycles. The number of anilines is 2. The molecule has 11 nitrogen and oxygen atoms in total. The number of hydrogen-bond donors (Lipinski definition) is 1. The number of rotatable bonds is 9. The molecule has 1 fully saturated rings. The molecule has 5 heterocycles. The molecular formula is C27H28F2N8O3. The van der Waals surface area contributed by atoms with Crippen LogP contribution >= 0.6 is 0 Å². The van der Waals surface area contributed by atoms with E-state index in [0.29, 0.717) is 30.4 Å². The van der Waals surface area contributed by atoms with Gasteiger partial charge in [0.05, 0.1) is 30.1 Å². The van der Waals surface area contributed by atoms with E-state index < -0.39 is 12.0 Å². The Morgan fingerprint density at radius 2 is 2.15 bits per heavy atom. The summed E-state index contributed by atoms with van der Waals surface area (Å²) in [6.07, 6.45) is 0.637. The van der Waals surface area contributed by atoms with Gasteiger partial charge in [-0.2, -0.15) is 10.1 Å². The van der Waals surface area contributed by atoms with Crippen molar-refractivity contribution in [1.29, 1.82) is 0 Å². The normalized spacial score (nSPS) is 15.5. The van der Waals surface area contributed by atoms with Crippen LogP contribution in [0.5, 0.6) is 11.5 Å². The molecule has 5 rings (SSSR count). The van der Waals surface area contributed by atoms with Gasteiger partial charge in [-0.25, -0.2) is 20.3 Å². The number of Topliss-reactive ketones (excluding diaryl/α,β-unsaturated/α-hetero) is 1. The molecule has 40 heavy (non-hydrogen) atoms. The van der Waals surface area contributed by atoms with Crippen LogP contribution in [0.3, 0.4) is 0 Å². The van der Waals surface area contributed by atoms with Crippen molar-refractivity contribution in [3.8, 4) is 11.5 Å². The van der Waals surface area contributed by atoms with E-state index in [9.17, 15) is 13.6 Å². The molecule has 0 spiro atoms. The zero-order valence-electron chi connectivity index (χ0n) is 22.5. The number of fused-ring (bicyclic) bond motifs is 1. The van der Waals surface area contributed by atoms with Gasteiger partial charge in [-0.1, -0.05) is 0 Å². The molecule has 0 aromatic carbocycles. The molecule has 0 radical (unpaired) electrons. The van der Waals surface area contributed by atoms with E-state index in [-0.39, 0.29) is 52.4 Å². The van der Waals surface area contributed by atoms with Crippen molar-refractivity contribution >= 4 is 28.7 Å². The molecule has 1 aliphatic heterocycles. The van der Waals surface area contributed by atoms with Crippen LogP contribution in [-0.2, 0) is 28.5 Å². The number of nitrogens with one attached hydrogen (secondary N) is 1. The number of hydrogen-bond acceptors (Lipinski definition) is 8. The van der Waals surface area contributed by atoms with Crippen molar-refractivity contribution < 1.29 is 23.0 Å². The third-order valence-corrected chi connectivity index (χ3v) is 6.70. The maximum Gasteiger partial charge on any atom is 0.269 e. The average Bonchev–Trinajstić information content (AvgIpc) is 3.64. The third-order valence-electron chi connectivity index (χ3n) is 6.70. The SMILES string of the molecule is [C-]#[N+]C(C)(C)c1cc(Nc2nc3ncc(Oc4ccnc(CC(C)=O)c4)c(C(F)F)c3n2C)nn1[C@@H]1CCOC1. The molecule has 4 aromatic rings. The Morgan fingerprint density at radius 3 is 2.83 bits per heavy atom. The Hall–Kier alpha value is -4.44. The van der Waals surface area contributed by atoms with Gasteiger partial charge in [0, 0.05) is 52.3 Å². The highest BCUT2D eigenvalue weighted by Crippen LogP contribution is 2.38. The second-order valence-electron chi connectivity index (χ2n) is 10.1. The van der Waals surface area contributed by atoms with E-state index in [2.05, 4.69) is 30.2 Å². The van der Waals surface area contributed by atoms with Crippen LogP contribution in [0.2, 0.25) is 0 Å². The number of ether oxygens (including phenoxy) is 2. The summed E-state index contributed by atoms with van der Waals surface area (Å²) in [5, 5.41) is 7.79. The van der Waals surface area contributed by atoms with Crippen molar-refractivity contribution in [2.75, 3.05) is 18.5 Å². The van der Waals surface area contributed by atoms with Crippen LogP contribution in [0, 0.1) is 6.57 Å². The highest BCUT2D eigenvalue weighted by atomic mass is 19.3. The van der Waals surface area contributed by atoms with E-state index >= 15 is 0 Å². The number of nitrogens with zero attached hydrogens (tertiary/aromatic N) is 7. The topological polar surface area (TPSA) is 113 Å². The number of carbonyl (C=O) groups is 1. The second-order valence-corrected chi connectivity index (χ2v) is 10.1. The lowest BCUT2D eigenvalue weighted by atomic mass is 10.0. The van der Waals surface area contributed by atoms with E-state index in [1.807, 2.05) is 13.8 Å². The van der Waals surface area contributed by atoms with Crippen molar-refractivity contribution in [3.63, 3.8) is 0 Å². The maximum atomic E-state index is 14.4. The summed E-state index contributed by atoms with van der Waals surface area (Å²) in [5.74, 6) is 0.701. The number of aryl methyl sites for hydroxylation is 1. The number of aromatic nitrogens is 6. The summed E-state index contributed by atoms with van der Waals surface area (Å²) >= 11 is 0. The predicted octanol–water partition coefficient (Wildman–Crippen LogP) is 5.28. The Labute approximate surface area is 229 Å². The van der Waals surface area contributed by atoms with Gasteiger partial charge < -0.3 is 24.2 Å². The summed E-state index contributed by atoms with van der Waals surface area (Å²) in [7, 11) is 1.60. The molecule has 0 bridgehead atoms. The van der Waals surface area contributed by atoms with Crippen LogP contribution in [0.15, 0.2) is 30.6 Å². The van der Waals surface area contributed by atoms with Crippen LogP contribution < -0.4 is 10.1 Å². The molecule has 13 heteroatoms. The molecule has 1 N–H and O–H groups in total. The summed E-state index contributed by atoms with van der Waals surface area (Å²) < 4.78 is 43.5. The van der Waals surface area contributed by atoms with Crippen LogP contribution in [0.4, 0.5) is 20.5 Å². The zero-order valence-corrected chi connectivity index (χ0v) is 22.5. The highest BCUT2D eigenvalue weighted by Gasteiger charge is 2.35. The molecule has 1 aliphatic rings. The first kappa shape index (κ1) is 27.1. The Bertz CT molecular complexity index is 1620. The quantitative estimate of drug-likeness (QED) is 0.280. The van der Waals surface area contributed by atoms with Crippen LogP contribution in [0.25, 0.3) is 16.0 Å². The largest absolute Gasteiger partial charge is 0.455 e. The standard InChI is InChI=1S/C27H28F2N8O3/c1-15(38)10-16-11-18(6-8-31-16)40-19-13-32-25-23(22(19)24(28)29)36(5)26(34-25)33-21-12-20(27(2,3)30-4)37(35-21)17-7-9-39-14-17/h6,8,11-13,17,24H,7,9-10,14H2,1-3,5H3,(H,32,33,34,35)/t17-/m1/s1. The number of ketones is 1. The molecule has 0 amide bonds. The molecule has 0 unspecified atom stereocenters. The molecule has 4 aromatic heterocycles. The number of pyridine rings is 2. The van der Waals surface area contributed by atoms with E-state index in [1.54, 1.807) is 17.8 Å². The van der Waals surface area contributed by atoms with Crippen molar-refractivity contribution in [3.05, 3.63) is 59.0 Å². The molecule has 1 atom stereocenters. The van der Waals surface area contributed by atoms with Crippen molar-refractivity contribution in [1.82, 2.24) is 29.3 Å².